The molecule has 1 aliphatic carbocycles. The van der Waals surface area contributed by atoms with Crippen molar-refractivity contribution in [3.63, 3.8) is 0 Å². The average Bonchev–Trinajstić information content (AvgIpc) is 2.72. The Morgan fingerprint density at radius 3 is 2.53 bits per heavy atom. The molecule has 0 unspecified atom stereocenters. The summed E-state index contributed by atoms with van der Waals surface area (Å²) in [6.07, 6.45) is -3.01. The van der Waals surface area contributed by atoms with Crippen LogP contribution >= 0.6 is 0 Å². The van der Waals surface area contributed by atoms with Crippen LogP contribution in [0.1, 0.15) is 43.1 Å². The van der Waals surface area contributed by atoms with E-state index in [2.05, 4.69) is 5.10 Å². The van der Waals surface area contributed by atoms with Gasteiger partial charge in [0.2, 0.25) is 0 Å². The van der Waals surface area contributed by atoms with Crippen molar-refractivity contribution < 1.29 is 27.5 Å². The van der Waals surface area contributed by atoms with Gasteiger partial charge < -0.3 is 5.11 Å². The van der Waals surface area contributed by atoms with Crippen molar-refractivity contribution in [2.24, 2.45) is 5.92 Å². The molecule has 1 aliphatic rings. The molecule has 0 amide bonds. The molecule has 0 radical (unpaired) electrons. The molecule has 0 saturated heterocycles. The summed E-state index contributed by atoms with van der Waals surface area (Å²) in [5.41, 5.74) is -1.65. The van der Waals surface area contributed by atoms with Crippen molar-refractivity contribution in [1.82, 2.24) is 9.78 Å². The Hall–Kier alpha value is -1.60. The summed E-state index contributed by atoms with van der Waals surface area (Å²) in [7, 11) is 0. The lowest BCUT2D eigenvalue weighted by molar-refractivity contribution is -0.138. The van der Waals surface area contributed by atoms with E-state index in [1.54, 1.807) is 0 Å². The topological polar surface area (TPSA) is 55.1 Å². The first-order valence-corrected chi connectivity index (χ1v) is 5.66. The predicted molar refractivity (Wildman–Crippen MR) is 56.3 cm³/mol. The van der Waals surface area contributed by atoms with Gasteiger partial charge in [0.15, 0.2) is 0 Å². The van der Waals surface area contributed by atoms with Crippen LogP contribution in [-0.4, -0.2) is 20.9 Å². The zero-order valence-corrected chi connectivity index (χ0v) is 10.2. The summed E-state index contributed by atoms with van der Waals surface area (Å²) in [5.74, 6) is -6.73. The Morgan fingerprint density at radius 2 is 2.05 bits per heavy atom. The molecule has 2 atom stereocenters. The van der Waals surface area contributed by atoms with E-state index >= 15 is 0 Å². The molecule has 0 aromatic carbocycles. The number of carboxylic acid groups (broad SMARTS) is 1. The van der Waals surface area contributed by atoms with Gasteiger partial charge in [0.25, 0.3) is 12.3 Å². The van der Waals surface area contributed by atoms with Crippen LogP contribution in [0.2, 0.25) is 0 Å². The van der Waals surface area contributed by atoms with E-state index in [4.69, 9.17) is 5.11 Å². The molecule has 106 valence electrons. The van der Waals surface area contributed by atoms with Crippen LogP contribution in [-0.2, 0) is 17.3 Å². The first kappa shape index (κ1) is 13.8. The molecular formula is C11H12F4N2O2. The zero-order chi connectivity index (χ0) is 14.5. The maximum Gasteiger partial charge on any atom is 0.325 e. The number of carboxylic acids is 1. The van der Waals surface area contributed by atoms with Crippen LogP contribution in [0.25, 0.3) is 0 Å². The van der Waals surface area contributed by atoms with Crippen molar-refractivity contribution in [3.05, 3.63) is 17.0 Å². The van der Waals surface area contributed by atoms with E-state index in [9.17, 15) is 22.4 Å². The highest BCUT2D eigenvalue weighted by Gasteiger charge is 2.55. The number of rotatable bonds is 3. The number of alkyl halides is 4. The normalized spacial score (nSPS) is 24.8. The second kappa shape index (κ2) is 4.21. The molecule has 8 heteroatoms. The van der Waals surface area contributed by atoms with Crippen LogP contribution < -0.4 is 0 Å². The third-order valence-electron chi connectivity index (χ3n) is 3.60. The number of hydrogen-bond donors (Lipinski definition) is 1. The van der Waals surface area contributed by atoms with E-state index in [0.717, 1.165) is 0 Å². The number of nitrogens with zero attached hydrogens (tertiary/aromatic N) is 2. The molecule has 2 rings (SSSR count). The van der Waals surface area contributed by atoms with Gasteiger partial charge >= 0.3 is 5.97 Å². The van der Waals surface area contributed by atoms with E-state index in [1.807, 2.05) is 0 Å². The van der Waals surface area contributed by atoms with Gasteiger partial charge in [0, 0.05) is 11.5 Å². The van der Waals surface area contributed by atoms with Crippen LogP contribution in [0.5, 0.6) is 0 Å². The number of hydrogen-bond acceptors (Lipinski definition) is 2. The molecule has 0 saturated carbocycles. The molecule has 0 fully saturated rings. The van der Waals surface area contributed by atoms with Gasteiger partial charge in [0.1, 0.15) is 17.9 Å². The van der Waals surface area contributed by atoms with Crippen LogP contribution in [0, 0.1) is 5.92 Å². The minimum atomic E-state index is -3.36. The fraction of sp³-hybridized carbons (Fsp3) is 0.636. The number of aromatic nitrogens is 2. The van der Waals surface area contributed by atoms with E-state index in [1.165, 1.54) is 13.8 Å². The standard InChI is InChI=1S/C11H12F4N2O2/c1-4-5(2)11(14,15)9-7(4)8(10(12)13)16-17(9)3-6(18)19/h4-5,10H,3H2,1-2H3,(H,18,19)/t4-,5+/m0/s1. The predicted octanol–water partition coefficient (Wildman–Crippen LogP) is 2.75. The monoisotopic (exact) mass is 280 g/mol. The van der Waals surface area contributed by atoms with Gasteiger partial charge in [-0.25, -0.2) is 8.78 Å². The summed E-state index contributed by atoms with van der Waals surface area (Å²) in [4.78, 5) is 10.6. The first-order chi connectivity index (χ1) is 8.67. The Balaban J connectivity index is 2.66. The Labute approximate surface area is 106 Å². The highest BCUT2D eigenvalue weighted by molar-refractivity contribution is 5.66. The molecule has 0 bridgehead atoms. The van der Waals surface area contributed by atoms with E-state index in [0.29, 0.717) is 4.68 Å². The van der Waals surface area contributed by atoms with Gasteiger partial charge in [-0.3, -0.25) is 9.48 Å². The molecule has 19 heavy (non-hydrogen) atoms. The van der Waals surface area contributed by atoms with Crippen LogP contribution in [0.4, 0.5) is 17.6 Å². The van der Waals surface area contributed by atoms with Crippen molar-refractivity contribution in [1.29, 1.82) is 0 Å². The minimum absolute atomic E-state index is 0.214. The maximum atomic E-state index is 14.1. The van der Waals surface area contributed by atoms with Crippen molar-refractivity contribution in [2.45, 2.75) is 38.7 Å². The SMILES string of the molecule is C[C@@H]1c2c(C(F)F)nn(CC(=O)O)c2C(F)(F)[C@@H]1C. The summed E-state index contributed by atoms with van der Waals surface area (Å²) in [5, 5.41) is 12.0. The number of aliphatic carboxylic acids is 1. The molecule has 1 heterocycles. The molecule has 1 aromatic rings. The lowest BCUT2D eigenvalue weighted by atomic mass is 9.94. The Kier molecular flexibility index (Phi) is 3.06. The van der Waals surface area contributed by atoms with Gasteiger partial charge in [0.05, 0.1) is 0 Å². The lowest BCUT2D eigenvalue weighted by Gasteiger charge is -2.19. The second-order valence-corrected chi connectivity index (χ2v) is 4.70. The highest BCUT2D eigenvalue weighted by Crippen LogP contribution is 2.54. The Bertz CT molecular complexity index is 527. The van der Waals surface area contributed by atoms with Crippen molar-refractivity contribution in [2.75, 3.05) is 0 Å². The number of halogens is 4. The van der Waals surface area contributed by atoms with E-state index < -0.39 is 48.1 Å². The van der Waals surface area contributed by atoms with Crippen molar-refractivity contribution >= 4 is 5.97 Å². The van der Waals surface area contributed by atoms with E-state index in [-0.39, 0.29) is 5.56 Å². The lowest BCUT2D eigenvalue weighted by Crippen LogP contribution is -2.25. The Morgan fingerprint density at radius 1 is 1.47 bits per heavy atom. The molecular weight excluding hydrogens is 268 g/mol. The van der Waals surface area contributed by atoms with Crippen LogP contribution in [0.15, 0.2) is 0 Å². The van der Waals surface area contributed by atoms with Crippen LogP contribution in [0.3, 0.4) is 0 Å². The summed E-state index contributed by atoms with van der Waals surface area (Å²) in [6.45, 7) is 1.82. The zero-order valence-electron chi connectivity index (χ0n) is 10.2. The number of fused-ring (bicyclic) bond motifs is 1. The molecule has 4 nitrogen and oxygen atoms in total. The molecule has 0 aliphatic heterocycles. The van der Waals surface area contributed by atoms with Gasteiger partial charge in [-0.1, -0.05) is 13.8 Å². The minimum Gasteiger partial charge on any atom is -0.480 e. The average molecular weight is 280 g/mol. The fourth-order valence-corrected chi connectivity index (χ4v) is 2.48. The smallest absolute Gasteiger partial charge is 0.325 e. The number of carbonyl (C=O) groups is 1. The molecule has 1 N–H and O–H groups in total. The molecule has 0 spiro atoms. The summed E-state index contributed by atoms with van der Waals surface area (Å²) in [6, 6.07) is 0. The largest absolute Gasteiger partial charge is 0.480 e. The van der Waals surface area contributed by atoms with Gasteiger partial charge in [-0.15, -0.1) is 0 Å². The third-order valence-corrected chi connectivity index (χ3v) is 3.60. The quantitative estimate of drug-likeness (QED) is 0.866. The highest BCUT2D eigenvalue weighted by atomic mass is 19.3. The third kappa shape index (κ3) is 1.89. The van der Waals surface area contributed by atoms with Crippen molar-refractivity contribution in [3.8, 4) is 0 Å². The first-order valence-electron chi connectivity index (χ1n) is 5.66. The molecule has 1 aromatic heterocycles. The summed E-state index contributed by atoms with van der Waals surface area (Å²) < 4.78 is 54.3. The van der Waals surface area contributed by atoms with Gasteiger partial charge in [-0.05, 0) is 5.92 Å². The summed E-state index contributed by atoms with van der Waals surface area (Å²) >= 11 is 0. The fourth-order valence-electron chi connectivity index (χ4n) is 2.48. The maximum absolute atomic E-state index is 14.1. The second-order valence-electron chi connectivity index (χ2n) is 4.70. The van der Waals surface area contributed by atoms with Gasteiger partial charge in [-0.2, -0.15) is 13.9 Å².